The molecule has 0 saturated carbocycles. The van der Waals surface area contributed by atoms with Crippen LogP contribution in [0.5, 0.6) is 0 Å². The Morgan fingerprint density at radius 3 is 2.91 bits per heavy atom. The van der Waals surface area contributed by atoms with E-state index in [0.717, 1.165) is 29.9 Å². The molecule has 0 aliphatic carbocycles. The molecule has 2 aromatic rings. The minimum absolute atomic E-state index is 0.0332. The van der Waals surface area contributed by atoms with Crippen molar-refractivity contribution in [3.63, 3.8) is 0 Å². The highest BCUT2D eigenvalue weighted by Crippen LogP contribution is 2.33. The van der Waals surface area contributed by atoms with Crippen LogP contribution in [-0.4, -0.2) is 47.3 Å². The maximum absolute atomic E-state index is 12.7. The maximum atomic E-state index is 12.7. The van der Waals surface area contributed by atoms with Crippen molar-refractivity contribution in [2.24, 2.45) is 0 Å². The van der Waals surface area contributed by atoms with Crippen molar-refractivity contribution >= 4 is 33.0 Å². The maximum Gasteiger partial charge on any atom is 0.252 e. The van der Waals surface area contributed by atoms with Crippen molar-refractivity contribution in [1.82, 2.24) is 14.1 Å². The Morgan fingerprint density at radius 2 is 2.22 bits per heavy atom. The van der Waals surface area contributed by atoms with Crippen molar-refractivity contribution in [3.8, 4) is 0 Å². The third kappa shape index (κ3) is 3.61. The van der Waals surface area contributed by atoms with Gasteiger partial charge >= 0.3 is 0 Å². The summed E-state index contributed by atoms with van der Waals surface area (Å²) in [4.78, 5) is 0. The standard InChI is InChI=1S/C14H18ClN3O3S2/c15-13-3-4-14(22-13)23(20,21)18-6-1-2-11(10-18)12-5-7-17(16-12)8-9-19/h3-5,7,11,19H,1-2,6,8-10H2/t11-/m1/s1. The molecule has 0 unspecified atom stereocenters. The number of halogens is 1. The molecule has 0 bridgehead atoms. The number of hydrogen-bond acceptors (Lipinski definition) is 5. The lowest BCUT2D eigenvalue weighted by Gasteiger charge is -2.30. The van der Waals surface area contributed by atoms with Crippen molar-refractivity contribution in [2.45, 2.75) is 29.5 Å². The number of aliphatic hydroxyl groups is 1. The number of hydrogen-bond donors (Lipinski definition) is 1. The molecule has 0 spiro atoms. The van der Waals surface area contributed by atoms with Crippen LogP contribution in [0.1, 0.15) is 24.5 Å². The topological polar surface area (TPSA) is 75.4 Å². The lowest BCUT2D eigenvalue weighted by molar-refractivity contribution is 0.267. The molecular weight excluding hydrogens is 358 g/mol. The Bertz CT molecular complexity index is 772. The molecule has 0 radical (unpaired) electrons. The predicted octanol–water partition coefficient (Wildman–Crippen LogP) is 2.16. The van der Waals surface area contributed by atoms with Crippen LogP contribution >= 0.6 is 22.9 Å². The van der Waals surface area contributed by atoms with E-state index in [1.54, 1.807) is 16.8 Å². The Morgan fingerprint density at radius 1 is 1.39 bits per heavy atom. The van der Waals surface area contributed by atoms with E-state index in [2.05, 4.69) is 5.10 Å². The van der Waals surface area contributed by atoms with Gasteiger partial charge in [0.15, 0.2) is 0 Å². The zero-order valence-electron chi connectivity index (χ0n) is 12.4. The van der Waals surface area contributed by atoms with Crippen LogP contribution in [0.3, 0.4) is 0 Å². The van der Waals surface area contributed by atoms with Gasteiger partial charge < -0.3 is 5.11 Å². The fourth-order valence-electron chi connectivity index (χ4n) is 2.79. The molecule has 1 fully saturated rings. The van der Waals surface area contributed by atoms with Crippen molar-refractivity contribution in [2.75, 3.05) is 19.7 Å². The number of aromatic nitrogens is 2. The smallest absolute Gasteiger partial charge is 0.252 e. The van der Waals surface area contributed by atoms with Gasteiger partial charge in [0.25, 0.3) is 10.0 Å². The third-order valence-corrected chi connectivity index (χ3v) is 7.50. The molecule has 0 amide bonds. The number of aliphatic hydroxyl groups excluding tert-OH is 1. The zero-order valence-corrected chi connectivity index (χ0v) is 14.8. The summed E-state index contributed by atoms with van der Waals surface area (Å²) < 4.78 is 29.4. The van der Waals surface area contributed by atoms with Crippen LogP contribution in [0, 0.1) is 0 Å². The quantitative estimate of drug-likeness (QED) is 0.868. The Balaban J connectivity index is 1.77. The molecule has 1 N–H and O–H groups in total. The van der Waals surface area contributed by atoms with E-state index >= 15 is 0 Å². The molecule has 2 aromatic heterocycles. The normalized spacial score (nSPS) is 20.0. The number of nitrogens with zero attached hydrogens (tertiary/aromatic N) is 3. The van der Waals surface area contributed by atoms with Gasteiger partial charge in [-0.25, -0.2) is 8.42 Å². The van der Waals surface area contributed by atoms with Crippen LogP contribution in [0.4, 0.5) is 0 Å². The van der Waals surface area contributed by atoms with Crippen LogP contribution in [-0.2, 0) is 16.6 Å². The fourth-order valence-corrected chi connectivity index (χ4v) is 5.95. The van der Waals surface area contributed by atoms with Gasteiger partial charge in [-0.3, -0.25) is 4.68 Å². The molecular formula is C14H18ClN3O3S2. The minimum atomic E-state index is -3.49. The third-order valence-electron chi connectivity index (χ3n) is 3.94. The summed E-state index contributed by atoms with van der Waals surface area (Å²) in [6.07, 6.45) is 3.53. The van der Waals surface area contributed by atoms with E-state index in [9.17, 15) is 8.42 Å². The molecule has 1 aliphatic rings. The van der Waals surface area contributed by atoms with Gasteiger partial charge in [0.1, 0.15) is 4.21 Å². The van der Waals surface area contributed by atoms with Crippen LogP contribution in [0.2, 0.25) is 4.34 Å². The Labute approximate surface area is 144 Å². The van der Waals surface area contributed by atoms with Crippen LogP contribution < -0.4 is 0 Å². The summed E-state index contributed by atoms with van der Waals surface area (Å²) in [6, 6.07) is 5.07. The van der Waals surface area contributed by atoms with Gasteiger partial charge in [0.05, 0.1) is 23.2 Å². The van der Waals surface area contributed by atoms with Gasteiger partial charge in [-0.15, -0.1) is 11.3 Å². The number of thiophene rings is 1. The highest BCUT2D eigenvalue weighted by atomic mass is 35.5. The second kappa shape index (κ2) is 6.90. The molecule has 0 aromatic carbocycles. The predicted molar refractivity (Wildman–Crippen MR) is 89.4 cm³/mol. The summed E-state index contributed by atoms with van der Waals surface area (Å²) in [5, 5.41) is 13.4. The Kier molecular flexibility index (Phi) is 5.07. The van der Waals surface area contributed by atoms with Crippen molar-refractivity contribution in [3.05, 3.63) is 34.4 Å². The molecule has 9 heteroatoms. The van der Waals surface area contributed by atoms with Crippen molar-refractivity contribution in [1.29, 1.82) is 0 Å². The summed E-state index contributed by atoms with van der Waals surface area (Å²) in [5.74, 6) is 0.0777. The van der Waals surface area contributed by atoms with Gasteiger partial charge in [-0.2, -0.15) is 9.40 Å². The average molecular weight is 376 g/mol. The second-order valence-corrected chi connectivity index (χ2v) is 9.37. The lowest BCUT2D eigenvalue weighted by atomic mass is 9.96. The molecule has 1 saturated heterocycles. The number of sulfonamides is 1. The first-order chi connectivity index (χ1) is 11.0. The molecule has 3 heterocycles. The molecule has 126 valence electrons. The van der Waals surface area contributed by atoms with Crippen LogP contribution in [0.15, 0.2) is 28.6 Å². The molecule has 23 heavy (non-hydrogen) atoms. The Hall–Kier alpha value is -0.930. The van der Waals surface area contributed by atoms with E-state index in [4.69, 9.17) is 16.7 Å². The van der Waals surface area contributed by atoms with E-state index < -0.39 is 10.0 Å². The zero-order chi connectivity index (χ0) is 16.4. The van der Waals surface area contributed by atoms with E-state index in [1.165, 1.54) is 4.31 Å². The SMILES string of the molecule is O=S(=O)(c1ccc(Cl)s1)N1CCC[C@@H](c2ccn(CCO)n2)C1. The number of piperidine rings is 1. The first kappa shape index (κ1) is 16.9. The highest BCUT2D eigenvalue weighted by molar-refractivity contribution is 7.91. The van der Waals surface area contributed by atoms with Gasteiger partial charge in [-0.05, 0) is 31.0 Å². The van der Waals surface area contributed by atoms with E-state index in [0.29, 0.717) is 24.0 Å². The fraction of sp³-hybridized carbons (Fsp3) is 0.500. The molecule has 1 aliphatic heterocycles. The van der Waals surface area contributed by atoms with E-state index in [-0.39, 0.29) is 16.7 Å². The minimum Gasteiger partial charge on any atom is -0.394 e. The largest absolute Gasteiger partial charge is 0.394 e. The van der Waals surface area contributed by atoms with E-state index in [1.807, 2.05) is 12.3 Å². The monoisotopic (exact) mass is 375 g/mol. The average Bonchev–Trinajstić information content (AvgIpc) is 3.17. The van der Waals surface area contributed by atoms with Gasteiger partial charge in [0.2, 0.25) is 0 Å². The molecule has 3 rings (SSSR count). The first-order valence-electron chi connectivity index (χ1n) is 7.40. The first-order valence-corrected chi connectivity index (χ1v) is 10.0. The van der Waals surface area contributed by atoms with Crippen LogP contribution in [0.25, 0.3) is 0 Å². The summed E-state index contributed by atoms with van der Waals surface area (Å²) >= 11 is 6.95. The summed E-state index contributed by atoms with van der Waals surface area (Å²) in [5.41, 5.74) is 0.877. The second-order valence-electron chi connectivity index (χ2n) is 5.49. The number of rotatable bonds is 5. The summed E-state index contributed by atoms with van der Waals surface area (Å²) in [6.45, 7) is 1.42. The highest BCUT2D eigenvalue weighted by Gasteiger charge is 2.32. The molecule has 1 atom stereocenters. The van der Waals surface area contributed by atoms with Crippen molar-refractivity contribution < 1.29 is 13.5 Å². The molecule has 6 nitrogen and oxygen atoms in total. The van der Waals surface area contributed by atoms with Gasteiger partial charge in [-0.1, -0.05) is 11.6 Å². The lowest BCUT2D eigenvalue weighted by Crippen LogP contribution is -2.38. The van der Waals surface area contributed by atoms with Gasteiger partial charge in [0, 0.05) is 25.2 Å². The summed E-state index contributed by atoms with van der Waals surface area (Å²) in [7, 11) is -3.49.